The first-order chi connectivity index (χ1) is 18.1. The van der Waals surface area contributed by atoms with Crippen molar-refractivity contribution in [2.45, 2.75) is 71.3 Å². The molecule has 210 valence electrons. The topological polar surface area (TPSA) is 88.1 Å². The summed E-state index contributed by atoms with van der Waals surface area (Å²) in [4.78, 5) is 26.0. The number of nitrogens with zero attached hydrogens (tertiary/aromatic N) is 1. The molecular weight excluding hydrogens is 501 g/mol. The Morgan fingerprint density at radius 3 is 2.13 bits per heavy atom. The summed E-state index contributed by atoms with van der Waals surface area (Å²) in [6, 6.07) is 12.3. The van der Waals surface area contributed by atoms with Crippen molar-refractivity contribution >= 4 is 17.7 Å². The van der Waals surface area contributed by atoms with Crippen LogP contribution >= 0.6 is 0 Å². The predicted molar refractivity (Wildman–Crippen MR) is 139 cm³/mol. The Hall–Kier alpha value is -3.27. The molecule has 0 aliphatic carbocycles. The summed E-state index contributed by atoms with van der Waals surface area (Å²) < 4.78 is 46.3. The molecule has 0 aromatic heterocycles. The molecule has 2 amide bonds. The van der Waals surface area contributed by atoms with Crippen LogP contribution < -0.4 is 10.1 Å². The largest absolute Gasteiger partial charge is 0.573 e. The number of carbonyl (C=O) groups is 2. The molecule has 0 radical (unpaired) electrons. The molecule has 0 aliphatic heterocycles. The highest BCUT2D eigenvalue weighted by molar-refractivity contribution is 5.89. The molecule has 0 aliphatic rings. The Bertz CT molecular complexity index is 981. The average Bonchev–Trinajstić information content (AvgIpc) is 2.86. The van der Waals surface area contributed by atoms with Crippen molar-refractivity contribution in [3.8, 4) is 5.75 Å². The maximum absolute atomic E-state index is 13.0. The van der Waals surface area contributed by atoms with E-state index in [2.05, 4.69) is 17.0 Å². The van der Waals surface area contributed by atoms with Crippen LogP contribution in [0.3, 0.4) is 0 Å². The van der Waals surface area contributed by atoms with Gasteiger partial charge >= 0.3 is 18.4 Å². The number of carboxylic acids is 1. The second-order valence-electron chi connectivity index (χ2n) is 8.96. The average molecular weight is 539 g/mol. The molecule has 0 heterocycles. The van der Waals surface area contributed by atoms with E-state index in [1.807, 2.05) is 24.3 Å². The van der Waals surface area contributed by atoms with E-state index >= 15 is 0 Å². The van der Waals surface area contributed by atoms with Crippen LogP contribution in [0.4, 0.5) is 23.7 Å². The number of nitrogens with one attached hydrogen (secondary N) is 1. The lowest BCUT2D eigenvalue weighted by Gasteiger charge is -2.23. The van der Waals surface area contributed by atoms with Gasteiger partial charge < -0.3 is 24.8 Å². The van der Waals surface area contributed by atoms with Crippen molar-refractivity contribution in [3.63, 3.8) is 0 Å². The van der Waals surface area contributed by atoms with Crippen LogP contribution in [0, 0.1) is 0 Å². The summed E-state index contributed by atoms with van der Waals surface area (Å²) >= 11 is 0. The minimum atomic E-state index is -4.78. The maximum atomic E-state index is 13.0. The monoisotopic (exact) mass is 538 g/mol. The molecule has 0 fully saturated rings. The first-order valence-electron chi connectivity index (χ1n) is 12.9. The summed E-state index contributed by atoms with van der Waals surface area (Å²) in [5, 5.41) is 12.0. The Labute approximate surface area is 221 Å². The molecule has 2 aromatic carbocycles. The van der Waals surface area contributed by atoms with E-state index in [4.69, 9.17) is 4.74 Å². The fraction of sp³-hybridized carbons (Fsp3) is 0.500. The number of rotatable bonds is 16. The van der Waals surface area contributed by atoms with E-state index in [1.165, 1.54) is 12.1 Å². The second-order valence-corrected chi connectivity index (χ2v) is 8.96. The van der Waals surface area contributed by atoms with Crippen LogP contribution in [0.5, 0.6) is 5.75 Å². The zero-order chi connectivity index (χ0) is 28.0. The molecule has 10 heteroatoms. The van der Waals surface area contributed by atoms with Gasteiger partial charge in [-0.15, -0.1) is 13.2 Å². The van der Waals surface area contributed by atoms with Gasteiger partial charge in [0.25, 0.3) is 0 Å². The number of aliphatic carboxylic acids is 1. The number of halogens is 3. The molecule has 2 aromatic rings. The van der Waals surface area contributed by atoms with Crippen LogP contribution in [0.15, 0.2) is 48.5 Å². The summed E-state index contributed by atoms with van der Waals surface area (Å²) in [5.74, 6) is -1.36. The number of unbranched alkanes of at least 4 members (excludes halogenated alkanes) is 4. The number of amides is 2. The summed E-state index contributed by atoms with van der Waals surface area (Å²) in [6.45, 7) is 5.20. The highest BCUT2D eigenvalue weighted by Crippen LogP contribution is 2.24. The van der Waals surface area contributed by atoms with Gasteiger partial charge in [0.1, 0.15) is 5.75 Å². The molecule has 2 rings (SSSR count). The van der Waals surface area contributed by atoms with Gasteiger partial charge in [-0.2, -0.15) is 0 Å². The van der Waals surface area contributed by atoms with Crippen molar-refractivity contribution in [2.24, 2.45) is 0 Å². The molecule has 0 saturated heterocycles. The molecule has 0 saturated carbocycles. The summed E-state index contributed by atoms with van der Waals surface area (Å²) in [6.07, 6.45) is 0.373. The third-order valence-electron chi connectivity index (χ3n) is 5.92. The molecule has 0 unspecified atom stereocenters. The van der Waals surface area contributed by atoms with Crippen molar-refractivity contribution < 1.29 is 37.3 Å². The van der Waals surface area contributed by atoms with E-state index in [1.54, 1.807) is 11.8 Å². The van der Waals surface area contributed by atoms with Crippen LogP contribution in [-0.2, 0) is 22.4 Å². The second kappa shape index (κ2) is 15.9. The van der Waals surface area contributed by atoms with Gasteiger partial charge in [0, 0.05) is 31.8 Å². The number of carbonyl (C=O) groups excluding carboxylic acids is 1. The SMILES string of the molecule is CCCCCCCN(CCc1ccc(C[C@H](OCC)C(=O)O)cc1)C(=O)Nc1ccc(OC(F)(F)F)cc1. The van der Waals surface area contributed by atoms with Crippen LogP contribution in [0.1, 0.15) is 57.1 Å². The molecule has 2 N–H and O–H groups in total. The first kappa shape index (κ1) is 31.0. The number of anilines is 1. The Kier molecular flexibility index (Phi) is 12.9. The molecule has 0 spiro atoms. The number of hydrogen-bond donors (Lipinski definition) is 2. The van der Waals surface area contributed by atoms with Gasteiger partial charge in [0.2, 0.25) is 0 Å². The quantitative estimate of drug-likeness (QED) is 0.233. The Morgan fingerprint density at radius 2 is 1.55 bits per heavy atom. The Morgan fingerprint density at radius 1 is 0.921 bits per heavy atom. The number of urea groups is 1. The lowest BCUT2D eigenvalue weighted by atomic mass is 10.0. The number of alkyl halides is 3. The van der Waals surface area contributed by atoms with E-state index < -0.39 is 18.4 Å². The van der Waals surface area contributed by atoms with Gasteiger partial charge in [0.15, 0.2) is 6.10 Å². The smallest absolute Gasteiger partial charge is 0.479 e. The summed E-state index contributed by atoms with van der Waals surface area (Å²) in [7, 11) is 0. The van der Waals surface area contributed by atoms with E-state index in [-0.39, 0.29) is 18.2 Å². The highest BCUT2D eigenvalue weighted by Gasteiger charge is 2.31. The minimum Gasteiger partial charge on any atom is -0.479 e. The zero-order valence-electron chi connectivity index (χ0n) is 21.9. The fourth-order valence-electron chi connectivity index (χ4n) is 3.90. The van der Waals surface area contributed by atoms with Crippen molar-refractivity contribution in [3.05, 3.63) is 59.7 Å². The molecular formula is C28H37F3N2O5. The van der Waals surface area contributed by atoms with E-state index in [0.717, 1.165) is 55.4 Å². The number of benzene rings is 2. The standard InChI is InChI=1S/C28H37F3N2O5/c1-3-5-6-7-8-18-33(27(36)32-23-13-15-24(16-14-23)38-28(29,30)31)19-17-21-9-11-22(12-10-21)20-25(26(34)35)37-4-2/h9-16,25H,3-8,17-20H2,1-2H3,(H,32,36)(H,34,35)/t25-/m0/s1. The predicted octanol–water partition coefficient (Wildman–Crippen LogP) is 6.66. The van der Waals surface area contributed by atoms with Crippen molar-refractivity contribution in [2.75, 3.05) is 25.0 Å². The van der Waals surface area contributed by atoms with Crippen molar-refractivity contribution in [1.29, 1.82) is 0 Å². The lowest BCUT2D eigenvalue weighted by Crippen LogP contribution is -2.37. The lowest BCUT2D eigenvalue weighted by molar-refractivity contribution is -0.274. The Balaban J connectivity index is 1.99. The highest BCUT2D eigenvalue weighted by atomic mass is 19.4. The third-order valence-corrected chi connectivity index (χ3v) is 5.92. The zero-order valence-corrected chi connectivity index (χ0v) is 21.9. The minimum absolute atomic E-state index is 0.266. The van der Waals surface area contributed by atoms with Gasteiger partial charge in [-0.05, 0) is 55.2 Å². The molecule has 38 heavy (non-hydrogen) atoms. The molecule has 7 nitrogen and oxygen atoms in total. The first-order valence-corrected chi connectivity index (χ1v) is 12.9. The number of ether oxygens (including phenoxy) is 2. The number of carboxylic acid groups (broad SMARTS) is 1. The van der Waals surface area contributed by atoms with Crippen LogP contribution in [-0.4, -0.2) is 54.2 Å². The normalized spacial score (nSPS) is 12.1. The van der Waals surface area contributed by atoms with Gasteiger partial charge in [-0.25, -0.2) is 9.59 Å². The van der Waals surface area contributed by atoms with E-state index in [9.17, 15) is 27.9 Å². The number of hydrogen-bond acceptors (Lipinski definition) is 4. The van der Waals surface area contributed by atoms with Gasteiger partial charge in [0.05, 0.1) is 0 Å². The molecule has 0 bridgehead atoms. The van der Waals surface area contributed by atoms with Gasteiger partial charge in [-0.3, -0.25) is 0 Å². The third kappa shape index (κ3) is 11.9. The van der Waals surface area contributed by atoms with Crippen molar-refractivity contribution in [1.82, 2.24) is 4.90 Å². The van der Waals surface area contributed by atoms with Gasteiger partial charge in [-0.1, -0.05) is 56.9 Å². The summed E-state index contributed by atoms with van der Waals surface area (Å²) in [5.41, 5.74) is 2.21. The fourth-order valence-corrected chi connectivity index (χ4v) is 3.90. The molecule has 1 atom stereocenters. The van der Waals surface area contributed by atoms with E-state index in [0.29, 0.717) is 31.8 Å². The maximum Gasteiger partial charge on any atom is 0.573 e. The van der Waals surface area contributed by atoms with Crippen LogP contribution in [0.2, 0.25) is 0 Å². The van der Waals surface area contributed by atoms with Crippen LogP contribution in [0.25, 0.3) is 0 Å².